The minimum atomic E-state index is -0.490. The zero-order chi connectivity index (χ0) is 27.5. The van der Waals surface area contributed by atoms with E-state index < -0.39 is 12.1 Å². The number of nitrogens with one attached hydrogen (secondary N) is 1. The number of hydrogen-bond donors (Lipinski definition) is 2. The molecule has 2 N–H and O–H groups in total. The van der Waals surface area contributed by atoms with E-state index in [-0.39, 0.29) is 49.2 Å². The molecule has 3 amide bonds. The first-order valence-electron chi connectivity index (χ1n) is 12.6. The highest BCUT2D eigenvalue weighted by atomic mass is 16.7. The lowest BCUT2D eigenvalue weighted by Crippen LogP contribution is -2.50. The number of hydrogen-bond acceptors (Lipinski definition) is 9. The standard InChI is InChI=1S/C27H30N6O6/c1-16-11-33(17(2)13-34)26(35)21-6-18(19-8-28-14-29-9-19)10-30-25(21)39-24(16)12-32(3)27(36)31-20-4-5-22-23(7-20)38-15-37-22/h4-10,14,16-17,24,34H,11-13,15H2,1-3H3,(H,31,36)/t16-,17-,24-/m0/s1. The molecule has 2 aliphatic rings. The van der Waals surface area contributed by atoms with Crippen molar-refractivity contribution in [3.05, 3.63) is 54.7 Å². The molecule has 2 aromatic heterocycles. The minimum absolute atomic E-state index is 0.147. The van der Waals surface area contributed by atoms with Crippen LogP contribution in [0.15, 0.2) is 49.2 Å². The molecule has 0 spiro atoms. The molecular formula is C27H30N6O6. The van der Waals surface area contributed by atoms with Gasteiger partial charge >= 0.3 is 6.03 Å². The van der Waals surface area contributed by atoms with Crippen molar-refractivity contribution in [2.24, 2.45) is 5.92 Å². The lowest BCUT2D eigenvalue weighted by Gasteiger charge is -2.37. The van der Waals surface area contributed by atoms with Crippen molar-refractivity contribution in [3.8, 4) is 28.5 Å². The van der Waals surface area contributed by atoms with Gasteiger partial charge in [-0.15, -0.1) is 0 Å². The third kappa shape index (κ3) is 5.55. The number of aliphatic hydroxyl groups excluding tert-OH is 1. The predicted octanol–water partition coefficient (Wildman–Crippen LogP) is 2.65. The average Bonchev–Trinajstić information content (AvgIpc) is 3.42. The van der Waals surface area contributed by atoms with Gasteiger partial charge in [-0.25, -0.2) is 19.7 Å². The Morgan fingerprint density at radius 2 is 1.95 bits per heavy atom. The van der Waals surface area contributed by atoms with Crippen LogP contribution in [-0.4, -0.2) is 87.5 Å². The van der Waals surface area contributed by atoms with Gasteiger partial charge in [0.05, 0.1) is 19.2 Å². The Bertz CT molecular complexity index is 1360. The van der Waals surface area contributed by atoms with Gasteiger partial charge in [-0.3, -0.25) is 4.79 Å². The van der Waals surface area contributed by atoms with Gasteiger partial charge < -0.3 is 34.4 Å². The molecule has 0 radical (unpaired) electrons. The smallest absolute Gasteiger partial charge is 0.321 e. The molecule has 0 bridgehead atoms. The molecule has 3 aromatic rings. The molecule has 0 saturated heterocycles. The summed E-state index contributed by atoms with van der Waals surface area (Å²) in [6, 6.07) is 6.12. The van der Waals surface area contributed by atoms with Crippen LogP contribution >= 0.6 is 0 Å². The Morgan fingerprint density at radius 3 is 2.72 bits per heavy atom. The molecule has 0 saturated carbocycles. The normalized spacial score (nSPS) is 18.9. The molecule has 204 valence electrons. The maximum atomic E-state index is 13.6. The van der Waals surface area contributed by atoms with Crippen molar-refractivity contribution in [1.82, 2.24) is 24.8 Å². The van der Waals surface area contributed by atoms with E-state index in [0.717, 1.165) is 0 Å². The molecule has 0 fully saturated rings. The number of anilines is 1. The summed E-state index contributed by atoms with van der Waals surface area (Å²) in [5, 5.41) is 12.7. The average molecular weight is 535 g/mol. The van der Waals surface area contributed by atoms with Gasteiger partial charge in [-0.1, -0.05) is 6.92 Å². The van der Waals surface area contributed by atoms with Gasteiger partial charge in [0.1, 0.15) is 18.0 Å². The number of aliphatic hydroxyl groups is 1. The maximum absolute atomic E-state index is 13.6. The molecule has 3 atom stereocenters. The second-order valence-electron chi connectivity index (χ2n) is 9.71. The number of fused-ring (bicyclic) bond motifs is 2. The van der Waals surface area contributed by atoms with E-state index >= 15 is 0 Å². The number of urea groups is 1. The van der Waals surface area contributed by atoms with Crippen molar-refractivity contribution in [2.75, 3.05) is 38.9 Å². The molecule has 0 unspecified atom stereocenters. The molecule has 12 nitrogen and oxygen atoms in total. The Balaban J connectivity index is 1.38. The maximum Gasteiger partial charge on any atom is 0.321 e. The Labute approximate surface area is 225 Å². The fourth-order valence-electron chi connectivity index (χ4n) is 4.47. The number of pyridine rings is 1. The number of amides is 3. The van der Waals surface area contributed by atoms with Gasteiger partial charge in [0.15, 0.2) is 11.5 Å². The Kier molecular flexibility index (Phi) is 7.46. The number of likely N-dealkylation sites (N-methyl/N-ethyl adjacent to an activating group) is 1. The molecule has 2 aliphatic heterocycles. The van der Waals surface area contributed by atoms with E-state index in [4.69, 9.17) is 14.2 Å². The monoisotopic (exact) mass is 534 g/mol. The van der Waals surface area contributed by atoms with Gasteiger partial charge in [-0.05, 0) is 25.1 Å². The summed E-state index contributed by atoms with van der Waals surface area (Å²) in [6.07, 6.45) is 5.81. The highest BCUT2D eigenvalue weighted by Crippen LogP contribution is 2.34. The van der Waals surface area contributed by atoms with Crippen LogP contribution in [0, 0.1) is 5.92 Å². The van der Waals surface area contributed by atoms with Crippen molar-refractivity contribution >= 4 is 17.6 Å². The first-order valence-corrected chi connectivity index (χ1v) is 12.6. The fraction of sp³-hybridized carbons (Fsp3) is 0.370. The van der Waals surface area contributed by atoms with E-state index in [1.54, 1.807) is 61.7 Å². The summed E-state index contributed by atoms with van der Waals surface area (Å²) < 4.78 is 17.0. The fourth-order valence-corrected chi connectivity index (χ4v) is 4.47. The molecule has 4 heterocycles. The van der Waals surface area contributed by atoms with Crippen LogP contribution < -0.4 is 19.5 Å². The molecule has 0 aliphatic carbocycles. The second kappa shape index (κ2) is 11.1. The quantitative estimate of drug-likeness (QED) is 0.489. The van der Waals surface area contributed by atoms with Crippen LogP contribution in [0.5, 0.6) is 17.4 Å². The zero-order valence-electron chi connectivity index (χ0n) is 21.9. The molecule has 39 heavy (non-hydrogen) atoms. The number of ether oxygens (including phenoxy) is 3. The van der Waals surface area contributed by atoms with Crippen LogP contribution in [0.2, 0.25) is 0 Å². The van der Waals surface area contributed by atoms with E-state index in [1.165, 1.54) is 11.2 Å². The van der Waals surface area contributed by atoms with Gasteiger partial charge in [0, 0.05) is 61.0 Å². The van der Waals surface area contributed by atoms with Crippen LogP contribution in [-0.2, 0) is 0 Å². The second-order valence-corrected chi connectivity index (χ2v) is 9.71. The summed E-state index contributed by atoms with van der Waals surface area (Å²) in [5.74, 6) is 0.887. The van der Waals surface area contributed by atoms with Crippen molar-refractivity contribution < 1.29 is 28.9 Å². The third-order valence-electron chi connectivity index (χ3n) is 6.84. The number of carbonyl (C=O) groups excluding carboxylic acids is 2. The van der Waals surface area contributed by atoms with Crippen molar-refractivity contribution in [3.63, 3.8) is 0 Å². The van der Waals surface area contributed by atoms with Gasteiger partial charge in [0.2, 0.25) is 12.7 Å². The van der Waals surface area contributed by atoms with Gasteiger partial charge in [-0.2, -0.15) is 0 Å². The number of rotatable bonds is 6. The number of nitrogens with zero attached hydrogens (tertiary/aromatic N) is 5. The molecule has 5 rings (SSSR count). The SMILES string of the molecule is C[C@H]1CN([C@@H](C)CO)C(=O)c2cc(-c3cncnc3)cnc2O[C@H]1CN(C)C(=O)Nc1ccc2c(c1)OCO2. The summed E-state index contributed by atoms with van der Waals surface area (Å²) in [5.41, 5.74) is 2.20. The van der Waals surface area contributed by atoms with E-state index in [2.05, 4.69) is 20.3 Å². The number of benzene rings is 1. The van der Waals surface area contributed by atoms with Crippen LogP contribution in [0.1, 0.15) is 24.2 Å². The first kappa shape index (κ1) is 26.2. The molecule has 1 aromatic carbocycles. The van der Waals surface area contributed by atoms with Crippen molar-refractivity contribution in [1.29, 1.82) is 0 Å². The van der Waals surface area contributed by atoms with Crippen LogP contribution in [0.4, 0.5) is 10.5 Å². The Morgan fingerprint density at radius 1 is 1.18 bits per heavy atom. The third-order valence-corrected chi connectivity index (χ3v) is 6.84. The number of carbonyl (C=O) groups is 2. The zero-order valence-corrected chi connectivity index (χ0v) is 21.9. The van der Waals surface area contributed by atoms with Gasteiger partial charge in [0.25, 0.3) is 5.91 Å². The summed E-state index contributed by atoms with van der Waals surface area (Å²) >= 11 is 0. The van der Waals surface area contributed by atoms with Crippen LogP contribution in [0.3, 0.4) is 0 Å². The number of aromatic nitrogens is 3. The topological polar surface area (TPSA) is 139 Å². The Hall–Kier alpha value is -4.45. The lowest BCUT2D eigenvalue weighted by atomic mass is 9.99. The van der Waals surface area contributed by atoms with E-state index in [9.17, 15) is 14.7 Å². The predicted molar refractivity (Wildman–Crippen MR) is 141 cm³/mol. The summed E-state index contributed by atoms with van der Waals surface area (Å²) in [6.45, 7) is 4.22. The molecular weight excluding hydrogens is 504 g/mol. The molecule has 12 heteroatoms. The minimum Gasteiger partial charge on any atom is -0.472 e. The summed E-state index contributed by atoms with van der Waals surface area (Å²) in [4.78, 5) is 42.3. The van der Waals surface area contributed by atoms with Crippen molar-refractivity contribution in [2.45, 2.75) is 26.0 Å². The van der Waals surface area contributed by atoms with E-state index in [1.807, 2.05) is 6.92 Å². The highest BCUT2D eigenvalue weighted by molar-refractivity contribution is 5.98. The highest BCUT2D eigenvalue weighted by Gasteiger charge is 2.35. The lowest BCUT2D eigenvalue weighted by molar-refractivity contribution is 0.0356. The summed E-state index contributed by atoms with van der Waals surface area (Å²) in [7, 11) is 1.67. The first-order chi connectivity index (χ1) is 18.8. The van der Waals surface area contributed by atoms with Crippen LogP contribution in [0.25, 0.3) is 11.1 Å². The largest absolute Gasteiger partial charge is 0.472 e. The van der Waals surface area contributed by atoms with E-state index in [0.29, 0.717) is 34.9 Å².